The summed E-state index contributed by atoms with van der Waals surface area (Å²) in [5, 5.41) is 0. The number of benzene rings is 2. The van der Waals surface area contributed by atoms with Crippen molar-refractivity contribution < 1.29 is 14.3 Å². The van der Waals surface area contributed by atoms with Crippen LogP contribution in [0, 0.1) is 0 Å². The van der Waals surface area contributed by atoms with Crippen molar-refractivity contribution in [2.24, 2.45) is 0 Å². The van der Waals surface area contributed by atoms with Gasteiger partial charge in [0.15, 0.2) is 5.78 Å². The fourth-order valence-corrected chi connectivity index (χ4v) is 2.45. The lowest BCUT2D eigenvalue weighted by Gasteiger charge is -2.08. The van der Waals surface area contributed by atoms with E-state index in [9.17, 15) is 9.59 Å². The number of esters is 1. The average Bonchev–Trinajstić information content (AvgIpc) is 2.62. The Morgan fingerprint density at radius 3 is 2.04 bits per heavy atom. The van der Waals surface area contributed by atoms with Gasteiger partial charge >= 0.3 is 5.97 Å². The fourth-order valence-electron chi connectivity index (χ4n) is 2.45. The molecular formula is C21H22O3. The minimum Gasteiger partial charge on any atom is -0.466 e. The Morgan fingerprint density at radius 1 is 0.875 bits per heavy atom. The summed E-state index contributed by atoms with van der Waals surface area (Å²) in [6, 6.07) is 19.0. The molecule has 124 valence electrons. The molecule has 0 atom stereocenters. The minimum absolute atomic E-state index is 0.0226. The number of carbonyl (C=O) groups is 2. The predicted octanol–water partition coefficient (Wildman–Crippen LogP) is 4.69. The number of rotatable bonds is 8. The molecule has 0 saturated heterocycles. The first kappa shape index (κ1) is 17.7. The Labute approximate surface area is 143 Å². The van der Waals surface area contributed by atoms with Crippen LogP contribution in [0.5, 0.6) is 0 Å². The summed E-state index contributed by atoms with van der Waals surface area (Å²) in [5.41, 5.74) is 2.61. The molecule has 2 aromatic carbocycles. The Kier molecular flexibility index (Phi) is 6.96. The van der Waals surface area contributed by atoms with Gasteiger partial charge in [-0.25, -0.2) is 0 Å². The standard InChI is InChI=1S/C21H22O3/c1-2-24-21(23)15-9-14-19(17-10-5-3-6-11-17)16-20(22)18-12-7-4-8-13-18/h3-8,10-13,16H,2,9,14-15H2,1H3/b19-16-. The largest absolute Gasteiger partial charge is 0.466 e. The van der Waals surface area contributed by atoms with E-state index in [2.05, 4.69) is 0 Å². The van der Waals surface area contributed by atoms with Crippen LogP contribution >= 0.6 is 0 Å². The van der Waals surface area contributed by atoms with E-state index in [0.717, 1.165) is 11.1 Å². The summed E-state index contributed by atoms with van der Waals surface area (Å²) in [4.78, 5) is 24.0. The van der Waals surface area contributed by atoms with Crippen LogP contribution < -0.4 is 0 Å². The molecule has 0 spiro atoms. The molecule has 0 aliphatic rings. The van der Waals surface area contributed by atoms with E-state index >= 15 is 0 Å². The Balaban J connectivity index is 2.13. The predicted molar refractivity (Wildman–Crippen MR) is 95.7 cm³/mol. The van der Waals surface area contributed by atoms with E-state index in [0.29, 0.717) is 31.4 Å². The van der Waals surface area contributed by atoms with Gasteiger partial charge in [-0.1, -0.05) is 60.7 Å². The van der Waals surface area contributed by atoms with Crippen LogP contribution in [0.15, 0.2) is 66.7 Å². The molecule has 0 aliphatic carbocycles. The average molecular weight is 322 g/mol. The van der Waals surface area contributed by atoms with E-state index in [1.807, 2.05) is 48.5 Å². The fraction of sp³-hybridized carbons (Fsp3) is 0.238. The smallest absolute Gasteiger partial charge is 0.305 e. The van der Waals surface area contributed by atoms with Crippen molar-refractivity contribution in [2.45, 2.75) is 26.2 Å². The SMILES string of the molecule is CCOC(=O)CCC/C(=C/C(=O)c1ccccc1)c1ccccc1. The molecule has 0 aromatic heterocycles. The summed E-state index contributed by atoms with van der Waals surface area (Å²) in [7, 11) is 0. The van der Waals surface area contributed by atoms with Crippen molar-refractivity contribution in [1.29, 1.82) is 0 Å². The van der Waals surface area contributed by atoms with Crippen LogP contribution in [0.4, 0.5) is 0 Å². The van der Waals surface area contributed by atoms with Gasteiger partial charge in [-0.05, 0) is 37.0 Å². The molecule has 2 aromatic rings. The summed E-state index contributed by atoms with van der Waals surface area (Å²) in [6.07, 6.45) is 3.34. The topological polar surface area (TPSA) is 43.4 Å². The normalized spacial score (nSPS) is 11.1. The molecule has 3 nitrogen and oxygen atoms in total. The highest BCUT2D eigenvalue weighted by molar-refractivity contribution is 6.08. The monoisotopic (exact) mass is 322 g/mol. The third-order valence-electron chi connectivity index (χ3n) is 3.64. The van der Waals surface area contributed by atoms with E-state index in [1.165, 1.54) is 0 Å². The van der Waals surface area contributed by atoms with E-state index < -0.39 is 0 Å². The van der Waals surface area contributed by atoms with Crippen molar-refractivity contribution in [3.8, 4) is 0 Å². The van der Waals surface area contributed by atoms with Crippen molar-refractivity contribution in [3.05, 3.63) is 77.9 Å². The van der Waals surface area contributed by atoms with E-state index in [1.54, 1.807) is 25.1 Å². The van der Waals surface area contributed by atoms with Crippen molar-refractivity contribution >= 4 is 17.3 Å². The number of hydrogen-bond acceptors (Lipinski definition) is 3. The molecule has 0 radical (unpaired) electrons. The van der Waals surface area contributed by atoms with Crippen molar-refractivity contribution in [3.63, 3.8) is 0 Å². The van der Waals surface area contributed by atoms with Crippen LogP contribution in [-0.2, 0) is 9.53 Å². The molecule has 0 bridgehead atoms. The van der Waals surface area contributed by atoms with Gasteiger partial charge < -0.3 is 4.74 Å². The van der Waals surface area contributed by atoms with Gasteiger partial charge in [0.05, 0.1) is 6.61 Å². The zero-order chi connectivity index (χ0) is 17.2. The number of ketones is 1. The summed E-state index contributed by atoms with van der Waals surface area (Å²) >= 11 is 0. The molecule has 0 saturated carbocycles. The molecule has 2 rings (SSSR count). The maximum atomic E-state index is 12.5. The molecule has 0 N–H and O–H groups in total. The van der Waals surface area contributed by atoms with Crippen LogP contribution in [-0.4, -0.2) is 18.4 Å². The second kappa shape index (κ2) is 9.46. The van der Waals surface area contributed by atoms with Gasteiger partial charge in [-0.3, -0.25) is 9.59 Å². The van der Waals surface area contributed by atoms with Gasteiger partial charge in [0.2, 0.25) is 0 Å². The highest BCUT2D eigenvalue weighted by atomic mass is 16.5. The molecule has 0 unspecified atom stereocenters. The molecule has 0 heterocycles. The maximum Gasteiger partial charge on any atom is 0.305 e. The third-order valence-corrected chi connectivity index (χ3v) is 3.64. The first-order valence-corrected chi connectivity index (χ1v) is 8.21. The highest BCUT2D eigenvalue weighted by Crippen LogP contribution is 2.22. The highest BCUT2D eigenvalue weighted by Gasteiger charge is 2.09. The van der Waals surface area contributed by atoms with Crippen LogP contribution in [0.2, 0.25) is 0 Å². The lowest BCUT2D eigenvalue weighted by Crippen LogP contribution is -2.04. The minimum atomic E-state index is -0.195. The Bertz CT molecular complexity index is 688. The van der Waals surface area contributed by atoms with Crippen LogP contribution in [0.25, 0.3) is 5.57 Å². The van der Waals surface area contributed by atoms with Gasteiger partial charge in [0, 0.05) is 12.0 Å². The first-order chi connectivity index (χ1) is 11.7. The van der Waals surface area contributed by atoms with Crippen molar-refractivity contribution in [2.75, 3.05) is 6.61 Å². The second-order valence-electron chi connectivity index (χ2n) is 5.42. The number of hydrogen-bond donors (Lipinski definition) is 0. The zero-order valence-electron chi connectivity index (χ0n) is 13.9. The maximum absolute atomic E-state index is 12.5. The molecular weight excluding hydrogens is 300 g/mol. The third kappa shape index (κ3) is 5.51. The van der Waals surface area contributed by atoms with Gasteiger partial charge in [0.25, 0.3) is 0 Å². The molecule has 0 amide bonds. The quantitative estimate of drug-likeness (QED) is 0.402. The van der Waals surface area contributed by atoms with Gasteiger partial charge in [-0.2, -0.15) is 0 Å². The molecule has 24 heavy (non-hydrogen) atoms. The Hall–Kier alpha value is -2.68. The molecule has 0 fully saturated rings. The lowest BCUT2D eigenvalue weighted by atomic mass is 9.97. The Morgan fingerprint density at radius 2 is 1.46 bits per heavy atom. The van der Waals surface area contributed by atoms with E-state index in [4.69, 9.17) is 4.74 Å². The number of ether oxygens (including phenoxy) is 1. The lowest BCUT2D eigenvalue weighted by molar-refractivity contribution is -0.143. The van der Waals surface area contributed by atoms with Crippen LogP contribution in [0.1, 0.15) is 42.1 Å². The zero-order valence-corrected chi connectivity index (χ0v) is 13.9. The van der Waals surface area contributed by atoms with E-state index in [-0.39, 0.29) is 11.8 Å². The molecule has 3 heteroatoms. The summed E-state index contributed by atoms with van der Waals surface area (Å²) in [5.74, 6) is -0.218. The summed E-state index contributed by atoms with van der Waals surface area (Å²) < 4.78 is 4.95. The molecule has 0 aliphatic heterocycles. The number of allylic oxidation sites excluding steroid dienone is 2. The second-order valence-corrected chi connectivity index (χ2v) is 5.42. The van der Waals surface area contributed by atoms with Gasteiger partial charge in [-0.15, -0.1) is 0 Å². The van der Waals surface area contributed by atoms with Crippen LogP contribution in [0.3, 0.4) is 0 Å². The summed E-state index contributed by atoms with van der Waals surface area (Å²) in [6.45, 7) is 2.19. The first-order valence-electron chi connectivity index (χ1n) is 8.21. The van der Waals surface area contributed by atoms with Gasteiger partial charge in [0.1, 0.15) is 0 Å². The van der Waals surface area contributed by atoms with Crippen molar-refractivity contribution in [1.82, 2.24) is 0 Å². The number of carbonyl (C=O) groups excluding carboxylic acids is 2.